The van der Waals surface area contributed by atoms with Crippen molar-refractivity contribution in [1.29, 1.82) is 0 Å². The third kappa shape index (κ3) is 28.3. The van der Waals surface area contributed by atoms with Crippen molar-refractivity contribution in [3.63, 3.8) is 0 Å². The van der Waals surface area contributed by atoms with Gasteiger partial charge in [-0.3, -0.25) is 14.9 Å². The number of cyclic esters (lactones) is 1. The van der Waals surface area contributed by atoms with Gasteiger partial charge >= 0.3 is 5.97 Å². The average Bonchev–Trinajstić information content (AvgIpc) is 2.53. The van der Waals surface area contributed by atoms with Crippen LogP contribution >= 0.6 is 22.9 Å². The second-order valence-corrected chi connectivity index (χ2v) is 31.1. The summed E-state index contributed by atoms with van der Waals surface area (Å²) in [6.07, 6.45) is 37.9. The summed E-state index contributed by atoms with van der Waals surface area (Å²) in [5.74, 6) is 11.4. The van der Waals surface area contributed by atoms with Crippen LogP contribution in [0, 0.1) is 54.8 Å². The van der Waals surface area contributed by atoms with Gasteiger partial charge in [0.2, 0.25) is 0 Å². The number of hydrogen-bond donors (Lipinski definition) is 3. The van der Waals surface area contributed by atoms with Crippen LogP contribution in [-0.2, 0) is 54.5 Å². The molecule has 3 N–H and O–H groups in total. The number of aromatic amines is 3. The Kier molecular flexibility index (Phi) is 29.8. The molecule has 0 saturated heterocycles. The molecule has 0 aromatic carbocycles. The van der Waals surface area contributed by atoms with Crippen molar-refractivity contribution >= 4 is 47.1 Å². The van der Waals surface area contributed by atoms with Gasteiger partial charge in [0, 0.05) is 87.0 Å². The average molecular weight is 1250 g/mol. The quantitative estimate of drug-likeness (QED) is 0.114. The largest absolute Gasteiger partial charge is 0.458 e. The highest BCUT2D eigenvalue weighted by molar-refractivity contribution is 7.12. The van der Waals surface area contributed by atoms with E-state index in [-0.39, 0.29) is 55.4 Å². The molecule has 16 heteroatoms. The van der Waals surface area contributed by atoms with Crippen molar-refractivity contribution < 1.29 is 14.1 Å². The zero-order valence-electron chi connectivity index (χ0n) is 58.3. The number of aryl methyl sites for hydroxylation is 1. The van der Waals surface area contributed by atoms with Crippen LogP contribution in [0.5, 0.6) is 0 Å². The summed E-state index contributed by atoms with van der Waals surface area (Å²) in [7, 11) is 1.88. The first-order chi connectivity index (χ1) is 40.7. The van der Waals surface area contributed by atoms with E-state index in [0.29, 0.717) is 5.82 Å². The van der Waals surface area contributed by atoms with E-state index in [1.54, 1.807) is 58.2 Å². The summed E-state index contributed by atoms with van der Waals surface area (Å²) in [5.41, 5.74) is 9.25. The fraction of sp³-hybridized carbons (Fsp3) is 0.479. The Balaban J connectivity index is 0.000000509. The highest BCUT2D eigenvalue weighted by Gasteiger charge is 2.29. The highest BCUT2D eigenvalue weighted by Crippen LogP contribution is 2.31. The number of thiazole rings is 1. The molecule has 0 bridgehead atoms. The van der Waals surface area contributed by atoms with Crippen LogP contribution in [0.15, 0.2) is 79.4 Å². The Morgan fingerprint density at radius 2 is 1.24 bits per heavy atom. The molecule has 7 aromatic rings. The van der Waals surface area contributed by atoms with Crippen LogP contribution in [0.4, 0.5) is 0 Å². The van der Waals surface area contributed by atoms with Crippen LogP contribution < -0.4 is 0 Å². The number of ether oxygens (including phenoxy) is 1. The van der Waals surface area contributed by atoms with Crippen molar-refractivity contribution in [3.05, 3.63) is 152 Å². The molecule has 0 amide bonds. The molecular weight excluding hydrogens is 1140 g/mol. The molecule has 0 radical (unpaired) electrons. The molecule has 0 fully saturated rings. The van der Waals surface area contributed by atoms with Gasteiger partial charge in [-0.2, -0.15) is 19.7 Å². The molecule has 14 nitrogen and oxygen atoms in total. The standard InChI is InChI=1S/C10H14N2.3C9H12N2.C9H13NO.2C9H13NS.C9H14O2/c1-6-9-8(10(2,3)4)7-12(5)11-9;1-5-8-10-6-7(11-8)9(2,3)4;1-5-8-7(6-10-11-8)9(2,3)4;2*1-5-7-6-8(11-10-7)9(2,3)4;1-5-8-10-6-7(11-8)9(2,3)4;1-5-7-6-8(11-10-7)9(2,3)4;1-9(2,3)7-5-4-6-8(10)11-7/h1,7H,2-5H3;3*1,6H,2-4H3,(H,10,11);3*5-6H,1H2,2-4H3;4,6-7H,5H2,1-3H3. The van der Waals surface area contributed by atoms with Crippen LogP contribution in [0.1, 0.15) is 250 Å². The molecule has 0 spiro atoms. The molecule has 1 atom stereocenters. The van der Waals surface area contributed by atoms with Crippen LogP contribution in [0.2, 0.25) is 0 Å². The van der Waals surface area contributed by atoms with Gasteiger partial charge < -0.3 is 14.2 Å². The maximum absolute atomic E-state index is 10.8. The molecule has 8 rings (SSSR count). The van der Waals surface area contributed by atoms with Crippen molar-refractivity contribution in [2.45, 2.75) is 217 Å². The minimum atomic E-state index is -0.212. The molecule has 480 valence electrons. The van der Waals surface area contributed by atoms with Gasteiger partial charge in [-0.1, -0.05) is 209 Å². The van der Waals surface area contributed by atoms with Gasteiger partial charge in [0.05, 0.1) is 17.6 Å². The monoisotopic (exact) mass is 1250 g/mol. The van der Waals surface area contributed by atoms with Gasteiger partial charge in [-0.05, 0) is 80.8 Å². The van der Waals surface area contributed by atoms with Crippen molar-refractivity contribution in [2.24, 2.45) is 12.5 Å². The summed E-state index contributed by atoms with van der Waals surface area (Å²) >= 11 is 3.27. The van der Waals surface area contributed by atoms with Gasteiger partial charge in [-0.15, -0.1) is 37.0 Å². The Hall–Kier alpha value is -8.02. The van der Waals surface area contributed by atoms with Gasteiger partial charge in [0.25, 0.3) is 0 Å². The first kappa shape index (κ1) is 79.0. The second kappa shape index (κ2) is 33.5. The lowest BCUT2D eigenvalue weighted by molar-refractivity contribution is -0.149. The number of nitrogens with zero attached hydrogens (tertiary/aromatic N) is 8. The van der Waals surface area contributed by atoms with Crippen molar-refractivity contribution in [2.75, 3.05) is 0 Å². The molecule has 0 aliphatic carbocycles. The minimum absolute atomic E-state index is 0.0360. The van der Waals surface area contributed by atoms with E-state index in [4.69, 9.17) is 35.0 Å². The number of terminal acetylenes is 4. The van der Waals surface area contributed by atoms with Gasteiger partial charge in [0.15, 0.2) is 5.82 Å². The van der Waals surface area contributed by atoms with E-state index in [2.05, 4.69) is 266 Å². The Morgan fingerprint density at radius 3 is 1.54 bits per heavy atom. The number of carbonyl (C=O) groups excluding carboxylic acids is 1. The fourth-order valence-corrected chi connectivity index (χ4v) is 8.52. The number of esters is 1. The number of nitrogens with one attached hydrogen (secondary N) is 3. The predicted octanol–water partition coefficient (Wildman–Crippen LogP) is 17.5. The minimum Gasteiger partial charge on any atom is -0.458 e. The predicted molar refractivity (Wildman–Crippen MR) is 376 cm³/mol. The number of hydrogen-bond acceptors (Lipinski definition) is 12. The summed E-state index contributed by atoms with van der Waals surface area (Å²) < 4.78 is 16.2. The second-order valence-electron chi connectivity index (χ2n) is 29.2. The number of H-pyrrole nitrogens is 3. The Labute approximate surface area is 543 Å². The van der Waals surface area contributed by atoms with E-state index in [9.17, 15) is 4.79 Å². The zero-order chi connectivity index (χ0) is 68.7. The summed E-state index contributed by atoms with van der Waals surface area (Å²) in [6, 6.07) is 5.91. The van der Waals surface area contributed by atoms with E-state index in [1.807, 2.05) is 37.7 Å². The number of carbonyl (C=O) groups is 1. The SMILES string of the molecule is C#Cc1[nH]ncc1C(C)(C)C.C#Cc1cc(C(C)(C)C)n[nH]1.C#Cc1ncc(C(C)(C)C)[nH]1.C#Cc1nn(C)cc1C(C)(C)C.C=Cc1cc(C(C)(C)C)on1.C=Cc1cc(C(C)(C)C)sn1.C=Cc1ncc(C(C)(C)C)s1.CC(C)(C)C1CC=CC(=O)O1. The van der Waals surface area contributed by atoms with Crippen LogP contribution in [-0.4, -0.2) is 66.7 Å². The summed E-state index contributed by atoms with van der Waals surface area (Å²) in [6.45, 7) is 61.9. The number of rotatable bonds is 3. The summed E-state index contributed by atoms with van der Waals surface area (Å²) in [4.78, 5) is 24.7. The number of imidazole rings is 1. The molecular formula is C73H103N11O3S2. The highest BCUT2D eigenvalue weighted by atomic mass is 32.1. The third-order valence-corrected chi connectivity index (χ3v) is 15.3. The molecule has 7 aromatic heterocycles. The maximum Gasteiger partial charge on any atom is 0.330 e. The fourth-order valence-electron chi connectivity index (χ4n) is 6.92. The van der Waals surface area contributed by atoms with Crippen LogP contribution in [0.3, 0.4) is 0 Å². The zero-order valence-corrected chi connectivity index (χ0v) is 59.9. The van der Waals surface area contributed by atoms with E-state index in [1.165, 1.54) is 15.8 Å². The summed E-state index contributed by atoms with van der Waals surface area (Å²) in [5, 5.41) is 22.5. The molecule has 8 heterocycles. The first-order valence-electron chi connectivity index (χ1n) is 29.4. The smallest absolute Gasteiger partial charge is 0.330 e. The normalized spacial score (nSPS) is 13.0. The topological polar surface area (TPSA) is 182 Å². The third-order valence-electron chi connectivity index (χ3n) is 12.6. The lowest BCUT2D eigenvalue weighted by Gasteiger charge is -2.30. The molecule has 1 aliphatic rings. The molecule has 1 unspecified atom stereocenters. The Bertz CT molecular complexity index is 3340. The lowest BCUT2D eigenvalue weighted by Crippen LogP contribution is -2.32. The van der Waals surface area contributed by atoms with E-state index < -0.39 is 0 Å². The number of aromatic nitrogens is 11. The van der Waals surface area contributed by atoms with Gasteiger partial charge in [0.1, 0.15) is 39.6 Å². The van der Waals surface area contributed by atoms with E-state index >= 15 is 0 Å². The Morgan fingerprint density at radius 1 is 0.640 bits per heavy atom. The lowest BCUT2D eigenvalue weighted by atomic mass is 9.86. The molecule has 89 heavy (non-hydrogen) atoms. The van der Waals surface area contributed by atoms with Gasteiger partial charge in [-0.25, -0.2) is 14.8 Å². The molecule has 0 saturated carbocycles. The van der Waals surface area contributed by atoms with Crippen molar-refractivity contribution in [3.8, 4) is 49.4 Å². The first-order valence-corrected chi connectivity index (χ1v) is 31.0. The maximum atomic E-state index is 10.8. The van der Waals surface area contributed by atoms with Crippen molar-refractivity contribution in [1.82, 2.24) is 54.7 Å². The molecule has 1 aliphatic heterocycles. The van der Waals surface area contributed by atoms with Crippen LogP contribution in [0.25, 0.3) is 18.2 Å². The van der Waals surface area contributed by atoms with E-state index in [0.717, 1.165) is 68.2 Å².